The van der Waals surface area contributed by atoms with E-state index in [2.05, 4.69) is 77.2 Å². The van der Waals surface area contributed by atoms with E-state index in [1.165, 1.54) is 21.1 Å². The fourth-order valence-electron chi connectivity index (χ4n) is 2.63. The molecule has 0 heterocycles. The molecule has 1 saturated carbocycles. The van der Waals surface area contributed by atoms with Gasteiger partial charge in [0.25, 0.3) is 0 Å². The highest BCUT2D eigenvalue weighted by molar-refractivity contribution is 14.1. The summed E-state index contributed by atoms with van der Waals surface area (Å²) < 4.78 is 1.26. The molecule has 0 radical (unpaired) electrons. The SMILES string of the molecule is NC(c1ccc(I)cc1)C1CC1c1ccccc1. The van der Waals surface area contributed by atoms with Gasteiger partial charge in [-0.1, -0.05) is 42.5 Å². The third-order valence-electron chi connectivity index (χ3n) is 3.78. The summed E-state index contributed by atoms with van der Waals surface area (Å²) in [5.41, 5.74) is 9.07. The fourth-order valence-corrected chi connectivity index (χ4v) is 2.99. The lowest BCUT2D eigenvalue weighted by Gasteiger charge is -2.12. The van der Waals surface area contributed by atoms with Gasteiger partial charge >= 0.3 is 0 Å². The molecule has 18 heavy (non-hydrogen) atoms. The minimum absolute atomic E-state index is 0.173. The third-order valence-corrected chi connectivity index (χ3v) is 4.50. The molecule has 0 bridgehead atoms. The lowest BCUT2D eigenvalue weighted by molar-refractivity contribution is 0.615. The summed E-state index contributed by atoms with van der Waals surface area (Å²) in [5.74, 6) is 1.26. The predicted molar refractivity (Wildman–Crippen MR) is 83.4 cm³/mol. The quantitative estimate of drug-likeness (QED) is 0.830. The molecule has 3 rings (SSSR count). The second kappa shape index (κ2) is 5.02. The van der Waals surface area contributed by atoms with Crippen LogP contribution in [0, 0.1) is 9.49 Å². The minimum atomic E-state index is 0.173. The molecular formula is C16H16IN. The van der Waals surface area contributed by atoms with Crippen LogP contribution in [0.1, 0.15) is 29.5 Å². The largest absolute Gasteiger partial charge is 0.324 e. The van der Waals surface area contributed by atoms with E-state index in [0.717, 1.165) is 0 Å². The zero-order valence-corrected chi connectivity index (χ0v) is 12.2. The Kier molecular flexibility index (Phi) is 3.39. The Morgan fingerprint density at radius 1 is 1.00 bits per heavy atom. The molecule has 0 aromatic heterocycles. The maximum atomic E-state index is 6.38. The Morgan fingerprint density at radius 3 is 2.33 bits per heavy atom. The second-order valence-corrected chi connectivity index (χ2v) is 6.24. The van der Waals surface area contributed by atoms with Gasteiger partial charge in [-0.2, -0.15) is 0 Å². The van der Waals surface area contributed by atoms with Crippen molar-refractivity contribution in [2.75, 3.05) is 0 Å². The van der Waals surface area contributed by atoms with E-state index in [1.807, 2.05) is 0 Å². The van der Waals surface area contributed by atoms with Crippen LogP contribution in [0.4, 0.5) is 0 Å². The second-order valence-electron chi connectivity index (χ2n) is 4.99. The Hall–Kier alpha value is -0.870. The van der Waals surface area contributed by atoms with E-state index >= 15 is 0 Å². The van der Waals surface area contributed by atoms with Gasteiger partial charge < -0.3 is 5.73 Å². The molecular weight excluding hydrogens is 333 g/mol. The van der Waals surface area contributed by atoms with E-state index in [-0.39, 0.29) is 6.04 Å². The number of rotatable bonds is 3. The topological polar surface area (TPSA) is 26.0 Å². The van der Waals surface area contributed by atoms with Gasteiger partial charge in [0.2, 0.25) is 0 Å². The monoisotopic (exact) mass is 349 g/mol. The summed E-state index contributed by atoms with van der Waals surface area (Å²) in [6.07, 6.45) is 1.22. The van der Waals surface area contributed by atoms with Crippen molar-refractivity contribution in [1.82, 2.24) is 0 Å². The molecule has 2 aromatic carbocycles. The fraction of sp³-hybridized carbons (Fsp3) is 0.250. The average molecular weight is 349 g/mol. The summed E-state index contributed by atoms with van der Waals surface area (Å²) in [7, 11) is 0. The summed E-state index contributed by atoms with van der Waals surface area (Å²) in [4.78, 5) is 0. The maximum Gasteiger partial charge on any atom is 0.0329 e. The Morgan fingerprint density at radius 2 is 1.67 bits per heavy atom. The summed E-state index contributed by atoms with van der Waals surface area (Å²) in [6.45, 7) is 0. The molecule has 0 saturated heterocycles. The maximum absolute atomic E-state index is 6.38. The van der Waals surface area contributed by atoms with Crippen molar-refractivity contribution in [2.24, 2.45) is 11.7 Å². The normalized spacial score (nSPS) is 23.7. The first-order valence-corrected chi connectivity index (χ1v) is 7.39. The van der Waals surface area contributed by atoms with Crippen molar-refractivity contribution in [3.63, 3.8) is 0 Å². The van der Waals surface area contributed by atoms with E-state index in [0.29, 0.717) is 11.8 Å². The molecule has 3 unspecified atom stereocenters. The number of hydrogen-bond donors (Lipinski definition) is 1. The number of nitrogens with two attached hydrogens (primary N) is 1. The predicted octanol–water partition coefficient (Wildman–Crippen LogP) is 4.09. The molecule has 2 aromatic rings. The van der Waals surface area contributed by atoms with Crippen LogP contribution < -0.4 is 5.73 Å². The molecule has 2 N–H and O–H groups in total. The van der Waals surface area contributed by atoms with Gasteiger partial charge in [-0.25, -0.2) is 0 Å². The van der Waals surface area contributed by atoms with Gasteiger partial charge in [-0.05, 0) is 64.1 Å². The molecule has 3 atom stereocenters. The zero-order valence-electron chi connectivity index (χ0n) is 10.1. The smallest absolute Gasteiger partial charge is 0.0329 e. The highest BCUT2D eigenvalue weighted by Gasteiger charge is 2.42. The lowest BCUT2D eigenvalue weighted by atomic mass is 10.00. The van der Waals surface area contributed by atoms with E-state index < -0.39 is 0 Å². The van der Waals surface area contributed by atoms with Crippen LogP contribution in [0.3, 0.4) is 0 Å². The van der Waals surface area contributed by atoms with Crippen molar-refractivity contribution in [1.29, 1.82) is 0 Å². The van der Waals surface area contributed by atoms with Crippen molar-refractivity contribution in [2.45, 2.75) is 18.4 Å². The summed E-state index contributed by atoms with van der Waals surface area (Å²) in [6, 6.07) is 19.5. The standard InChI is InChI=1S/C16H16IN/c17-13-8-6-12(7-9-13)16(18)15-10-14(15)11-4-2-1-3-5-11/h1-9,14-16H,10,18H2. The van der Waals surface area contributed by atoms with E-state index in [1.54, 1.807) is 0 Å². The zero-order chi connectivity index (χ0) is 12.5. The van der Waals surface area contributed by atoms with Gasteiger partial charge in [0.05, 0.1) is 0 Å². The highest BCUT2D eigenvalue weighted by atomic mass is 127. The first-order valence-electron chi connectivity index (χ1n) is 6.31. The third kappa shape index (κ3) is 2.45. The van der Waals surface area contributed by atoms with Crippen molar-refractivity contribution in [3.8, 4) is 0 Å². The van der Waals surface area contributed by atoms with Crippen LogP contribution in [0.25, 0.3) is 0 Å². The summed E-state index contributed by atoms with van der Waals surface area (Å²) >= 11 is 2.33. The highest BCUT2D eigenvalue weighted by Crippen LogP contribution is 2.53. The van der Waals surface area contributed by atoms with E-state index in [4.69, 9.17) is 5.73 Å². The van der Waals surface area contributed by atoms with Crippen LogP contribution in [0.15, 0.2) is 54.6 Å². The van der Waals surface area contributed by atoms with Crippen LogP contribution in [0.5, 0.6) is 0 Å². The summed E-state index contributed by atoms with van der Waals surface area (Å²) in [5, 5.41) is 0. The molecule has 0 spiro atoms. The Labute approximate surface area is 122 Å². The van der Waals surface area contributed by atoms with Crippen LogP contribution in [-0.4, -0.2) is 0 Å². The first kappa shape index (κ1) is 12.2. The molecule has 1 aliphatic rings. The average Bonchev–Trinajstić information content (AvgIpc) is 3.20. The lowest BCUT2D eigenvalue weighted by Crippen LogP contribution is -2.13. The van der Waals surface area contributed by atoms with Crippen LogP contribution in [0.2, 0.25) is 0 Å². The number of benzene rings is 2. The molecule has 0 aliphatic heterocycles. The molecule has 92 valence electrons. The van der Waals surface area contributed by atoms with Crippen LogP contribution in [-0.2, 0) is 0 Å². The molecule has 1 fully saturated rings. The molecule has 2 heteroatoms. The van der Waals surface area contributed by atoms with E-state index in [9.17, 15) is 0 Å². The van der Waals surface area contributed by atoms with Gasteiger partial charge in [0.15, 0.2) is 0 Å². The number of hydrogen-bond acceptors (Lipinski definition) is 1. The first-order chi connectivity index (χ1) is 8.75. The van der Waals surface area contributed by atoms with Gasteiger partial charge in [-0.3, -0.25) is 0 Å². The van der Waals surface area contributed by atoms with Gasteiger partial charge in [-0.15, -0.1) is 0 Å². The van der Waals surface area contributed by atoms with Gasteiger partial charge in [0, 0.05) is 9.61 Å². The van der Waals surface area contributed by atoms with Crippen molar-refractivity contribution < 1.29 is 0 Å². The molecule has 1 aliphatic carbocycles. The van der Waals surface area contributed by atoms with Crippen LogP contribution >= 0.6 is 22.6 Å². The Bertz CT molecular complexity index is 521. The Balaban J connectivity index is 1.73. The molecule has 1 nitrogen and oxygen atoms in total. The number of halogens is 1. The van der Waals surface area contributed by atoms with Crippen molar-refractivity contribution >= 4 is 22.6 Å². The minimum Gasteiger partial charge on any atom is -0.324 e. The molecule has 0 amide bonds. The van der Waals surface area contributed by atoms with Gasteiger partial charge in [0.1, 0.15) is 0 Å². The van der Waals surface area contributed by atoms with Crippen molar-refractivity contribution in [3.05, 3.63) is 69.3 Å².